The predicted molar refractivity (Wildman–Crippen MR) is 91.4 cm³/mol. The maximum Gasteiger partial charge on any atom is 0.349 e. The SMILES string of the molecule is COC(=O)c1sccc1S(=O)(=O)Nc1cccc(NS(C)(=O)=O)c1. The molecular formula is C13H14N2O6S3. The molecule has 0 spiro atoms. The number of sulfonamides is 2. The summed E-state index contributed by atoms with van der Waals surface area (Å²) in [5, 5.41) is 1.46. The molecule has 1 heterocycles. The number of anilines is 2. The highest BCUT2D eigenvalue weighted by atomic mass is 32.2. The summed E-state index contributed by atoms with van der Waals surface area (Å²) in [5.41, 5.74) is 0.349. The first-order chi connectivity index (χ1) is 11.1. The van der Waals surface area contributed by atoms with Crippen LogP contribution in [0, 0.1) is 0 Å². The lowest BCUT2D eigenvalue weighted by Crippen LogP contribution is -2.16. The molecule has 0 aliphatic rings. The molecule has 2 N–H and O–H groups in total. The lowest BCUT2D eigenvalue weighted by molar-refractivity contribution is 0.0602. The van der Waals surface area contributed by atoms with Gasteiger partial charge in [-0.1, -0.05) is 6.07 Å². The molecule has 130 valence electrons. The fraction of sp³-hybridized carbons (Fsp3) is 0.154. The second-order valence-corrected chi connectivity index (χ2v) is 8.98. The Morgan fingerprint density at radius 2 is 1.71 bits per heavy atom. The quantitative estimate of drug-likeness (QED) is 0.725. The average Bonchev–Trinajstić information content (AvgIpc) is 2.94. The number of hydrogen-bond acceptors (Lipinski definition) is 7. The Hall–Kier alpha value is -2.11. The van der Waals surface area contributed by atoms with Crippen molar-refractivity contribution in [3.8, 4) is 0 Å². The van der Waals surface area contributed by atoms with E-state index >= 15 is 0 Å². The van der Waals surface area contributed by atoms with E-state index in [4.69, 9.17) is 0 Å². The minimum absolute atomic E-state index is 0.0459. The lowest BCUT2D eigenvalue weighted by atomic mass is 10.3. The third-order valence-electron chi connectivity index (χ3n) is 2.71. The largest absolute Gasteiger partial charge is 0.465 e. The van der Waals surface area contributed by atoms with Gasteiger partial charge in [0.05, 0.1) is 24.7 Å². The number of methoxy groups -OCH3 is 1. The zero-order valence-corrected chi connectivity index (χ0v) is 15.1. The van der Waals surface area contributed by atoms with Crippen molar-refractivity contribution >= 4 is 48.7 Å². The Balaban J connectivity index is 2.32. The van der Waals surface area contributed by atoms with Crippen LogP contribution >= 0.6 is 11.3 Å². The van der Waals surface area contributed by atoms with Crippen LogP contribution in [0.1, 0.15) is 9.67 Å². The van der Waals surface area contributed by atoms with Crippen molar-refractivity contribution in [2.75, 3.05) is 22.8 Å². The standard InChI is InChI=1S/C13H14N2O6S3/c1-21-13(16)12-11(6-7-22-12)24(19,20)15-10-5-3-4-9(8-10)14-23(2,17)18/h3-8,14-15H,1-2H3. The van der Waals surface area contributed by atoms with Gasteiger partial charge in [0.15, 0.2) is 0 Å². The molecule has 0 aliphatic carbocycles. The van der Waals surface area contributed by atoms with E-state index < -0.39 is 26.0 Å². The van der Waals surface area contributed by atoms with Gasteiger partial charge in [0.1, 0.15) is 9.77 Å². The minimum Gasteiger partial charge on any atom is -0.465 e. The van der Waals surface area contributed by atoms with Gasteiger partial charge in [-0.15, -0.1) is 11.3 Å². The van der Waals surface area contributed by atoms with E-state index in [-0.39, 0.29) is 21.1 Å². The topological polar surface area (TPSA) is 119 Å². The number of ether oxygens (including phenoxy) is 1. The first-order valence-electron chi connectivity index (χ1n) is 6.39. The Bertz CT molecular complexity index is 963. The highest BCUT2D eigenvalue weighted by molar-refractivity contribution is 7.93. The first kappa shape index (κ1) is 18.2. The van der Waals surface area contributed by atoms with Crippen LogP contribution in [0.3, 0.4) is 0 Å². The molecule has 0 fully saturated rings. The molecule has 1 aromatic heterocycles. The van der Waals surface area contributed by atoms with E-state index in [2.05, 4.69) is 14.2 Å². The summed E-state index contributed by atoms with van der Waals surface area (Å²) >= 11 is 0.945. The molecule has 0 amide bonds. The van der Waals surface area contributed by atoms with Gasteiger partial charge in [-0.3, -0.25) is 9.44 Å². The fourth-order valence-corrected chi connectivity index (χ4v) is 4.76. The second kappa shape index (κ2) is 6.79. The summed E-state index contributed by atoms with van der Waals surface area (Å²) < 4.78 is 56.5. The summed E-state index contributed by atoms with van der Waals surface area (Å²) in [7, 11) is -6.36. The van der Waals surface area contributed by atoms with Gasteiger partial charge in [0.25, 0.3) is 10.0 Å². The van der Waals surface area contributed by atoms with Crippen LogP contribution in [0.15, 0.2) is 40.6 Å². The molecule has 0 bridgehead atoms. The zero-order valence-electron chi connectivity index (χ0n) is 12.6. The first-order valence-corrected chi connectivity index (χ1v) is 10.6. The van der Waals surface area contributed by atoms with E-state index in [0.29, 0.717) is 0 Å². The van der Waals surface area contributed by atoms with Crippen LogP contribution in [-0.2, 0) is 24.8 Å². The van der Waals surface area contributed by atoms with Crippen molar-refractivity contribution in [1.29, 1.82) is 0 Å². The van der Waals surface area contributed by atoms with Crippen LogP contribution in [0.5, 0.6) is 0 Å². The van der Waals surface area contributed by atoms with E-state index in [1.807, 2.05) is 0 Å². The fourth-order valence-electron chi connectivity index (χ4n) is 1.82. The van der Waals surface area contributed by atoms with Crippen LogP contribution in [-0.4, -0.2) is 36.2 Å². The Labute approximate surface area is 143 Å². The van der Waals surface area contributed by atoms with Crippen LogP contribution in [0.2, 0.25) is 0 Å². The molecule has 11 heteroatoms. The highest BCUT2D eigenvalue weighted by Gasteiger charge is 2.24. The summed E-state index contributed by atoms with van der Waals surface area (Å²) in [5.74, 6) is -0.752. The third kappa shape index (κ3) is 4.46. The molecule has 0 radical (unpaired) electrons. The number of esters is 1. The molecule has 0 saturated heterocycles. The van der Waals surface area contributed by atoms with Gasteiger partial charge in [-0.25, -0.2) is 21.6 Å². The third-order valence-corrected chi connectivity index (χ3v) is 5.76. The van der Waals surface area contributed by atoms with E-state index in [9.17, 15) is 21.6 Å². The molecule has 0 atom stereocenters. The Kier molecular flexibility index (Phi) is 5.16. The summed E-state index contributed by atoms with van der Waals surface area (Å²) in [6, 6.07) is 7.03. The number of thiophene rings is 1. The van der Waals surface area contributed by atoms with Gasteiger partial charge < -0.3 is 4.74 Å². The number of rotatable bonds is 6. The maximum atomic E-state index is 12.4. The van der Waals surface area contributed by atoms with Gasteiger partial charge in [-0.2, -0.15) is 0 Å². The van der Waals surface area contributed by atoms with Crippen molar-refractivity contribution < 1.29 is 26.4 Å². The van der Waals surface area contributed by atoms with Gasteiger partial charge in [-0.05, 0) is 29.6 Å². The molecule has 2 rings (SSSR count). The van der Waals surface area contributed by atoms with E-state index in [1.54, 1.807) is 0 Å². The number of hydrogen-bond donors (Lipinski definition) is 2. The number of nitrogens with one attached hydrogen (secondary N) is 2. The van der Waals surface area contributed by atoms with Crippen molar-refractivity contribution in [3.05, 3.63) is 40.6 Å². The van der Waals surface area contributed by atoms with Crippen LogP contribution < -0.4 is 9.44 Å². The molecular weight excluding hydrogens is 376 g/mol. The zero-order chi connectivity index (χ0) is 18.0. The Morgan fingerprint density at radius 1 is 1.08 bits per heavy atom. The monoisotopic (exact) mass is 390 g/mol. The van der Waals surface area contributed by atoms with Crippen molar-refractivity contribution in [1.82, 2.24) is 0 Å². The van der Waals surface area contributed by atoms with Gasteiger partial charge in [0.2, 0.25) is 10.0 Å². The predicted octanol–water partition coefficient (Wildman–Crippen LogP) is 1.71. The average molecular weight is 390 g/mol. The highest BCUT2D eigenvalue weighted by Crippen LogP contribution is 2.26. The summed E-state index contributed by atoms with van der Waals surface area (Å²) in [6.45, 7) is 0. The normalized spacial score (nSPS) is 11.8. The number of carbonyl (C=O) groups is 1. The van der Waals surface area contributed by atoms with Crippen LogP contribution in [0.4, 0.5) is 11.4 Å². The Morgan fingerprint density at radius 3 is 2.29 bits per heavy atom. The van der Waals surface area contributed by atoms with E-state index in [0.717, 1.165) is 24.7 Å². The molecule has 2 aromatic rings. The lowest BCUT2D eigenvalue weighted by Gasteiger charge is -2.10. The van der Waals surface area contributed by atoms with Crippen molar-refractivity contribution in [2.24, 2.45) is 0 Å². The smallest absolute Gasteiger partial charge is 0.349 e. The molecule has 0 saturated carbocycles. The maximum absolute atomic E-state index is 12.4. The molecule has 8 nitrogen and oxygen atoms in total. The van der Waals surface area contributed by atoms with Gasteiger partial charge in [0, 0.05) is 0 Å². The van der Waals surface area contributed by atoms with Crippen molar-refractivity contribution in [3.63, 3.8) is 0 Å². The minimum atomic E-state index is -4.03. The van der Waals surface area contributed by atoms with E-state index in [1.165, 1.54) is 35.7 Å². The summed E-state index contributed by atoms with van der Waals surface area (Å²) in [6.07, 6.45) is 0.984. The second-order valence-electron chi connectivity index (χ2n) is 4.67. The molecule has 24 heavy (non-hydrogen) atoms. The molecule has 0 aliphatic heterocycles. The van der Waals surface area contributed by atoms with Crippen molar-refractivity contribution in [2.45, 2.75) is 4.90 Å². The number of carbonyl (C=O) groups excluding carboxylic acids is 1. The van der Waals surface area contributed by atoms with Gasteiger partial charge >= 0.3 is 5.97 Å². The summed E-state index contributed by atoms with van der Waals surface area (Å²) in [4.78, 5) is 11.4. The molecule has 0 unspecified atom stereocenters. The number of benzene rings is 1. The molecule has 1 aromatic carbocycles. The van der Waals surface area contributed by atoms with Crippen LogP contribution in [0.25, 0.3) is 0 Å².